The summed E-state index contributed by atoms with van der Waals surface area (Å²) in [7, 11) is 0. The average molecular weight is 302 g/mol. The lowest BCUT2D eigenvalue weighted by Gasteiger charge is -2.37. The molecule has 21 heavy (non-hydrogen) atoms. The van der Waals surface area contributed by atoms with Crippen LogP contribution in [0.1, 0.15) is 72.6 Å². The first-order valence-electron chi connectivity index (χ1n) is 8.36. The monoisotopic (exact) mass is 302 g/mol. The van der Waals surface area contributed by atoms with E-state index in [4.69, 9.17) is 4.74 Å². The maximum Gasteiger partial charge on any atom is 0.271 e. The number of hydrogen-bond donors (Lipinski definition) is 0. The van der Waals surface area contributed by atoms with Crippen molar-refractivity contribution in [1.29, 1.82) is 0 Å². The van der Waals surface area contributed by atoms with Crippen LogP contribution in [0.15, 0.2) is 12.2 Å². The minimum atomic E-state index is -2.74. The minimum absolute atomic E-state index is 0.218. The van der Waals surface area contributed by atoms with Crippen LogP contribution in [0.4, 0.5) is 8.78 Å². The number of rotatable bonds is 7. The van der Waals surface area contributed by atoms with E-state index < -0.39 is 11.3 Å². The summed E-state index contributed by atoms with van der Waals surface area (Å²) >= 11 is 0. The van der Waals surface area contributed by atoms with Gasteiger partial charge in [-0.3, -0.25) is 0 Å². The molecule has 0 unspecified atom stereocenters. The van der Waals surface area contributed by atoms with E-state index in [-0.39, 0.29) is 5.41 Å². The molecular weight excluding hydrogens is 270 g/mol. The molecule has 0 saturated heterocycles. The second-order valence-corrected chi connectivity index (χ2v) is 7.51. The molecule has 1 saturated carbocycles. The van der Waals surface area contributed by atoms with E-state index in [1.807, 2.05) is 6.92 Å². The quantitative estimate of drug-likeness (QED) is 0.525. The van der Waals surface area contributed by atoms with Gasteiger partial charge in [0.2, 0.25) is 0 Å². The number of allylic oxidation sites excluding steroid dienone is 2. The Kier molecular flexibility index (Phi) is 6.83. The molecule has 0 radical (unpaired) electrons. The SMILES string of the molecule is CCOCC1(CC/C=C/C(F)(F)C(C)(C)C)CCCCC1. The Labute approximate surface area is 129 Å². The van der Waals surface area contributed by atoms with Crippen LogP contribution in [0.3, 0.4) is 0 Å². The molecule has 0 aromatic carbocycles. The Hall–Kier alpha value is -0.440. The normalized spacial score (nSPS) is 20.1. The third kappa shape index (κ3) is 5.69. The summed E-state index contributed by atoms with van der Waals surface area (Å²) < 4.78 is 33.4. The Balaban J connectivity index is 2.54. The van der Waals surface area contributed by atoms with Gasteiger partial charge >= 0.3 is 0 Å². The molecule has 0 aromatic heterocycles. The summed E-state index contributed by atoms with van der Waals surface area (Å²) in [5.74, 6) is -2.74. The molecule has 1 rings (SSSR count). The predicted molar refractivity (Wildman–Crippen MR) is 84.8 cm³/mol. The van der Waals surface area contributed by atoms with Gasteiger partial charge in [0.15, 0.2) is 0 Å². The lowest BCUT2D eigenvalue weighted by molar-refractivity contribution is -0.0503. The summed E-state index contributed by atoms with van der Waals surface area (Å²) in [6.07, 6.45) is 10.6. The maximum atomic E-state index is 13.9. The van der Waals surface area contributed by atoms with Crippen LogP contribution in [0.5, 0.6) is 0 Å². The molecule has 0 heterocycles. The van der Waals surface area contributed by atoms with E-state index in [0.29, 0.717) is 0 Å². The molecule has 3 heteroatoms. The maximum absolute atomic E-state index is 13.9. The van der Waals surface area contributed by atoms with Gasteiger partial charge in [0.25, 0.3) is 5.92 Å². The molecule has 1 fully saturated rings. The molecule has 0 bridgehead atoms. The standard InChI is InChI=1S/C18H32F2O/c1-5-21-15-17(11-7-6-8-12-17)13-9-10-14-18(19,20)16(2,3)4/h10,14H,5-9,11-13,15H2,1-4H3/b14-10+. The highest BCUT2D eigenvalue weighted by Gasteiger charge is 2.40. The van der Waals surface area contributed by atoms with Crippen molar-refractivity contribution < 1.29 is 13.5 Å². The van der Waals surface area contributed by atoms with Gasteiger partial charge in [0, 0.05) is 12.0 Å². The van der Waals surface area contributed by atoms with Gasteiger partial charge in [-0.1, -0.05) is 46.1 Å². The van der Waals surface area contributed by atoms with E-state index in [0.717, 1.165) is 32.1 Å². The molecule has 1 aliphatic carbocycles. The van der Waals surface area contributed by atoms with Gasteiger partial charge in [0.1, 0.15) is 0 Å². The van der Waals surface area contributed by atoms with Crippen molar-refractivity contribution >= 4 is 0 Å². The Morgan fingerprint density at radius 3 is 2.24 bits per heavy atom. The van der Waals surface area contributed by atoms with Crippen molar-refractivity contribution in [3.05, 3.63) is 12.2 Å². The summed E-state index contributed by atoms with van der Waals surface area (Å²) in [5, 5.41) is 0. The molecule has 0 N–H and O–H groups in total. The van der Waals surface area contributed by atoms with Crippen molar-refractivity contribution in [1.82, 2.24) is 0 Å². The van der Waals surface area contributed by atoms with E-state index in [2.05, 4.69) is 0 Å². The van der Waals surface area contributed by atoms with Crippen LogP contribution in [-0.2, 0) is 4.74 Å². The van der Waals surface area contributed by atoms with Crippen molar-refractivity contribution in [2.24, 2.45) is 10.8 Å². The van der Waals surface area contributed by atoms with Gasteiger partial charge in [-0.2, -0.15) is 0 Å². The molecule has 0 aliphatic heterocycles. The fraction of sp³-hybridized carbons (Fsp3) is 0.889. The molecule has 1 aliphatic rings. The van der Waals surface area contributed by atoms with E-state index in [1.165, 1.54) is 32.1 Å². The third-order valence-corrected chi connectivity index (χ3v) is 4.70. The van der Waals surface area contributed by atoms with Crippen LogP contribution in [0.2, 0.25) is 0 Å². The van der Waals surface area contributed by atoms with Crippen molar-refractivity contribution in [2.45, 2.75) is 78.6 Å². The lowest BCUT2D eigenvalue weighted by atomic mass is 9.71. The summed E-state index contributed by atoms with van der Waals surface area (Å²) in [6, 6.07) is 0. The number of hydrogen-bond acceptors (Lipinski definition) is 1. The zero-order chi connectivity index (χ0) is 16.0. The Morgan fingerprint density at radius 2 is 1.71 bits per heavy atom. The Morgan fingerprint density at radius 1 is 1.10 bits per heavy atom. The second kappa shape index (κ2) is 7.71. The molecule has 0 aromatic rings. The van der Waals surface area contributed by atoms with Crippen molar-refractivity contribution in [2.75, 3.05) is 13.2 Å². The number of alkyl halides is 2. The zero-order valence-corrected chi connectivity index (χ0v) is 14.2. The van der Waals surface area contributed by atoms with Gasteiger partial charge in [0.05, 0.1) is 6.61 Å². The van der Waals surface area contributed by atoms with E-state index >= 15 is 0 Å². The van der Waals surface area contributed by atoms with Crippen molar-refractivity contribution in [3.8, 4) is 0 Å². The first-order valence-corrected chi connectivity index (χ1v) is 8.36. The van der Waals surface area contributed by atoms with E-state index in [1.54, 1.807) is 26.8 Å². The van der Waals surface area contributed by atoms with Gasteiger partial charge in [-0.05, 0) is 44.1 Å². The molecule has 124 valence electrons. The first kappa shape index (κ1) is 18.6. The van der Waals surface area contributed by atoms with Crippen LogP contribution < -0.4 is 0 Å². The molecule has 0 atom stereocenters. The van der Waals surface area contributed by atoms with Crippen LogP contribution in [0, 0.1) is 10.8 Å². The van der Waals surface area contributed by atoms with E-state index in [9.17, 15) is 8.78 Å². The highest BCUT2D eigenvalue weighted by molar-refractivity contribution is 5.01. The average Bonchev–Trinajstić information content (AvgIpc) is 2.41. The number of ether oxygens (including phenoxy) is 1. The predicted octanol–water partition coefficient (Wildman–Crippen LogP) is 5.99. The second-order valence-electron chi connectivity index (χ2n) is 7.51. The fourth-order valence-electron chi connectivity index (χ4n) is 2.96. The largest absolute Gasteiger partial charge is 0.381 e. The highest BCUT2D eigenvalue weighted by atomic mass is 19.3. The summed E-state index contributed by atoms with van der Waals surface area (Å²) in [5.41, 5.74) is -0.799. The lowest BCUT2D eigenvalue weighted by Crippen LogP contribution is -2.31. The molecule has 1 nitrogen and oxygen atoms in total. The van der Waals surface area contributed by atoms with Crippen molar-refractivity contribution in [3.63, 3.8) is 0 Å². The highest BCUT2D eigenvalue weighted by Crippen LogP contribution is 2.41. The smallest absolute Gasteiger partial charge is 0.271 e. The van der Waals surface area contributed by atoms with Crippen LogP contribution >= 0.6 is 0 Å². The molecule has 0 amide bonds. The fourth-order valence-corrected chi connectivity index (χ4v) is 2.96. The molecule has 0 spiro atoms. The van der Waals surface area contributed by atoms with Gasteiger partial charge < -0.3 is 4.74 Å². The molecular formula is C18H32F2O. The Bertz CT molecular complexity index is 323. The van der Waals surface area contributed by atoms with Crippen LogP contribution in [-0.4, -0.2) is 19.1 Å². The first-order chi connectivity index (χ1) is 9.72. The van der Waals surface area contributed by atoms with Gasteiger partial charge in [-0.25, -0.2) is 8.78 Å². The summed E-state index contributed by atoms with van der Waals surface area (Å²) in [4.78, 5) is 0. The number of halogens is 2. The third-order valence-electron chi connectivity index (χ3n) is 4.70. The zero-order valence-electron chi connectivity index (χ0n) is 14.2. The topological polar surface area (TPSA) is 9.23 Å². The van der Waals surface area contributed by atoms with Gasteiger partial charge in [-0.15, -0.1) is 0 Å². The minimum Gasteiger partial charge on any atom is -0.381 e. The summed E-state index contributed by atoms with van der Waals surface area (Å²) in [6.45, 7) is 8.27. The van der Waals surface area contributed by atoms with Crippen LogP contribution in [0.25, 0.3) is 0 Å².